The Morgan fingerprint density at radius 2 is 1.77 bits per heavy atom. The highest BCUT2D eigenvalue weighted by molar-refractivity contribution is 5.94. The number of carbonyl (C=O) groups excluding carboxylic acids is 1. The molecular weight excluding hydrogens is 322 g/mol. The van der Waals surface area contributed by atoms with Crippen molar-refractivity contribution >= 4 is 23.0 Å². The number of carbonyl (C=O) groups is 1. The van der Waals surface area contributed by atoms with E-state index < -0.39 is 0 Å². The molecule has 0 atom stereocenters. The van der Waals surface area contributed by atoms with E-state index in [4.69, 9.17) is 0 Å². The summed E-state index contributed by atoms with van der Waals surface area (Å²) < 4.78 is 0. The number of para-hydroxylation sites is 1. The second-order valence-electron chi connectivity index (χ2n) is 7.56. The zero-order valence-electron chi connectivity index (χ0n) is 15.4. The summed E-state index contributed by atoms with van der Waals surface area (Å²) in [5, 5.41) is 3.04. The molecule has 1 amide bonds. The van der Waals surface area contributed by atoms with Gasteiger partial charge in [0.1, 0.15) is 0 Å². The Labute approximate surface area is 155 Å². The summed E-state index contributed by atoms with van der Waals surface area (Å²) in [5.41, 5.74) is 4.65. The lowest BCUT2D eigenvalue weighted by molar-refractivity contribution is -0.115. The van der Waals surface area contributed by atoms with Crippen molar-refractivity contribution in [2.24, 2.45) is 5.92 Å². The van der Waals surface area contributed by atoms with Gasteiger partial charge in [-0.05, 0) is 61.1 Å². The monoisotopic (exact) mass is 349 g/mol. The molecule has 2 aliphatic heterocycles. The van der Waals surface area contributed by atoms with Crippen molar-refractivity contribution in [3.63, 3.8) is 0 Å². The summed E-state index contributed by atoms with van der Waals surface area (Å²) in [6.07, 6.45) is 3.54. The standard InChI is InChI=1S/C22H27N3O/c1-17-10-13-24(14-11-17)20-8-6-19(7-9-20)23-22(26)16-25-15-12-18-4-2-3-5-21(18)25/h2-9,17H,10-16H2,1H3,(H,23,26). The van der Waals surface area contributed by atoms with Crippen LogP contribution >= 0.6 is 0 Å². The van der Waals surface area contributed by atoms with Crippen LogP contribution in [0.1, 0.15) is 25.3 Å². The number of amides is 1. The van der Waals surface area contributed by atoms with Gasteiger partial charge in [-0.3, -0.25) is 4.79 Å². The van der Waals surface area contributed by atoms with Gasteiger partial charge in [0, 0.05) is 36.7 Å². The largest absolute Gasteiger partial charge is 0.372 e. The molecule has 0 radical (unpaired) electrons. The van der Waals surface area contributed by atoms with Crippen molar-refractivity contribution in [1.29, 1.82) is 0 Å². The second kappa shape index (κ2) is 7.40. The molecule has 2 heterocycles. The maximum absolute atomic E-state index is 12.4. The predicted molar refractivity (Wildman–Crippen MR) is 108 cm³/mol. The Morgan fingerprint density at radius 3 is 2.54 bits per heavy atom. The fraction of sp³-hybridized carbons (Fsp3) is 0.409. The molecule has 0 saturated carbocycles. The number of hydrogen-bond donors (Lipinski definition) is 1. The van der Waals surface area contributed by atoms with Gasteiger partial charge in [0.05, 0.1) is 6.54 Å². The quantitative estimate of drug-likeness (QED) is 0.909. The average molecular weight is 349 g/mol. The molecule has 4 nitrogen and oxygen atoms in total. The Bertz CT molecular complexity index is 763. The molecule has 1 saturated heterocycles. The van der Waals surface area contributed by atoms with Crippen molar-refractivity contribution in [3.8, 4) is 0 Å². The zero-order valence-corrected chi connectivity index (χ0v) is 15.4. The predicted octanol–water partition coefficient (Wildman–Crippen LogP) is 3.92. The Hall–Kier alpha value is -2.49. The van der Waals surface area contributed by atoms with Crippen LogP contribution in [-0.4, -0.2) is 32.1 Å². The molecule has 26 heavy (non-hydrogen) atoms. The minimum absolute atomic E-state index is 0.0428. The first kappa shape index (κ1) is 17.0. The zero-order chi connectivity index (χ0) is 17.9. The maximum atomic E-state index is 12.4. The highest BCUT2D eigenvalue weighted by atomic mass is 16.2. The molecule has 0 aromatic heterocycles. The Balaban J connectivity index is 1.33. The van der Waals surface area contributed by atoms with Crippen molar-refractivity contribution in [1.82, 2.24) is 0 Å². The summed E-state index contributed by atoms with van der Waals surface area (Å²) in [7, 11) is 0. The number of hydrogen-bond acceptors (Lipinski definition) is 3. The number of nitrogens with one attached hydrogen (secondary N) is 1. The highest BCUT2D eigenvalue weighted by Gasteiger charge is 2.20. The van der Waals surface area contributed by atoms with E-state index in [1.807, 2.05) is 18.2 Å². The van der Waals surface area contributed by atoms with E-state index in [1.165, 1.54) is 29.8 Å². The first-order chi connectivity index (χ1) is 12.7. The number of benzene rings is 2. The summed E-state index contributed by atoms with van der Waals surface area (Å²) >= 11 is 0. The fourth-order valence-electron chi connectivity index (χ4n) is 3.97. The van der Waals surface area contributed by atoms with E-state index in [9.17, 15) is 4.79 Å². The average Bonchev–Trinajstić information content (AvgIpc) is 3.06. The smallest absolute Gasteiger partial charge is 0.243 e. The van der Waals surface area contributed by atoms with Gasteiger partial charge in [-0.2, -0.15) is 0 Å². The molecule has 2 aromatic rings. The van der Waals surface area contributed by atoms with E-state index >= 15 is 0 Å². The normalized spacial score (nSPS) is 17.3. The molecule has 1 fully saturated rings. The van der Waals surface area contributed by atoms with Crippen LogP contribution in [0.3, 0.4) is 0 Å². The number of nitrogens with zero attached hydrogens (tertiary/aromatic N) is 2. The van der Waals surface area contributed by atoms with Gasteiger partial charge in [0.2, 0.25) is 5.91 Å². The molecular formula is C22H27N3O. The van der Waals surface area contributed by atoms with Gasteiger partial charge >= 0.3 is 0 Å². The van der Waals surface area contributed by atoms with E-state index in [0.717, 1.165) is 37.7 Å². The molecule has 0 aliphatic carbocycles. The maximum Gasteiger partial charge on any atom is 0.243 e. The topological polar surface area (TPSA) is 35.6 Å². The van der Waals surface area contributed by atoms with Gasteiger partial charge in [-0.15, -0.1) is 0 Å². The van der Waals surface area contributed by atoms with Crippen LogP contribution in [0.5, 0.6) is 0 Å². The van der Waals surface area contributed by atoms with Crippen molar-refractivity contribution < 1.29 is 4.79 Å². The first-order valence-corrected chi connectivity index (χ1v) is 9.67. The summed E-state index contributed by atoms with van der Waals surface area (Å²) in [5.74, 6) is 0.877. The number of fused-ring (bicyclic) bond motifs is 1. The lowest BCUT2D eigenvalue weighted by Gasteiger charge is -2.32. The van der Waals surface area contributed by atoms with Crippen molar-refractivity contribution in [2.75, 3.05) is 41.3 Å². The third-order valence-electron chi connectivity index (χ3n) is 5.62. The van der Waals surface area contributed by atoms with Gasteiger partial charge in [-0.25, -0.2) is 0 Å². The van der Waals surface area contributed by atoms with Crippen molar-refractivity contribution in [2.45, 2.75) is 26.2 Å². The number of anilines is 3. The fourth-order valence-corrected chi connectivity index (χ4v) is 3.97. The van der Waals surface area contributed by atoms with E-state index in [1.54, 1.807) is 0 Å². The van der Waals surface area contributed by atoms with Crippen LogP contribution in [0.4, 0.5) is 17.1 Å². The van der Waals surface area contributed by atoms with Crippen LogP contribution in [0.15, 0.2) is 48.5 Å². The minimum atomic E-state index is 0.0428. The lowest BCUT2D eigenvalue weighted by atomic mass is 9.99. The molecule has 2 aromatic carbocycles. The Morgan fingerprint density at radius 1 is 1.04 bits per heavy atom. The van der Waals surface area contributed by atoms with E-state index in [-0.39, 0.29) is 5.91 Å². The molecule has 0 bridgehead atoms. The molecule has 2 aliphatic rings. The molecule has 1 N–H and O–H groups in total. The number of piperidine rings is 1. The van der Waals surface area contributed by atoms with Crippen molar-refractivity contribution in [3.05, 3.63) is 54.1 Å². The SMILES string of the molecule is CC1CCN(c2ccc(NC(=O)CN3CCc4ccccc43)cc2)CC1. The van der Waals surface area contributed by atoms with Crippen LogP contribution < -0.4 is 15.1 Å². The summed E-state index contributed by atoms with van der Waals surface area (Å²) in [4.78, 5) is 17.0. The number of rotatable bonds is 4. The second-order valence-corrected chi connectivity index (χ2v) is 7.56. The molecule has 4 heteroatoms. The molecule has 4 rings (SSSR count). The van der Waals surface area contributed by atoms with Crippen LogP contribution in [0.25, 0.3) is 0 Å². The Kier molecular flexibility index (Phi) is 4.83. The first-order valence-electron chi connectivity index (χ1n) is 9.67. The van der Waals surface area contributed by atoms with Crippen LogP contribution in [0, 0.1) is 5.92 Å². The van der Waals surface area contributed by atoms with Gasteiger partial charge in [0.25, 0.3) is 0 Å². The molecule has 0 unspecified atom stereocenters. The third-order valence-corrected chi connectivity index (χ3v) is 5.62. The van der Waals surface area contributed by atoms with Gasteiger partial charge in [-0.1, -0.05) is 25.1 Å². The lowest BCUT2D eigenvalue weighted by Crippen LogP contribution is -2.33. The third kappa shape index (κ3) is 3.69. The summed E-state index contributed by atoms with van der Waals surface area (Å²) in [6, 6.07) is 16.6. The van der Waals surface area contributed by atoms with Gasteiger partial charge < -0.3 is 15.1 Å². The van der Waals surface area contributed by atoms with E-state index in [2.05, 4.69) is 52.4 Å². The minimum Gasteiger partial charge on any atom is -0.372 e. The van der Waals surface area contributed by atoms with Gasteiger partial charge in [0.15, 0.2) is 0 Å². The summed E-state index contributed by atoms with van der Waals surface area (Å²) in [6.45, 7) is 5.90. The molecule has 0 spiro atoms. The van der Waals surface area contributed by atoms with E-state index in [0.29, 0.717) is 6.54 Å². The van der Waals surface area contributed by atoms with Crippen LogP contribution in [-0.2, 0) is 11.2 Å². The van der Waals surface area contributed by atoms with Crippen LogP contribution in [0.2, 0.25) is 0 Å². The molecule has 136 valence electrons. The highest BCUT2D eigenvalue weighted by Crippen LogP contribution is 2.27.